The van der Waals surface area contributed by atoms with Crippen LogP contribution >= 0.6 is 46.4 Å². The smallest absolute Gasteiger partial charge is 0.433 e. The molecular formula is C25H15Cl4F3N6O2. The Kier molecular flexibility index (Phi) is 7.58. The summed E-state index contributed by atoms with van der Waals surface area (Å²) in [6.45, 7) is 0.134. The Bertz CT molecular complexity index is 1750. The van der Waals surface area contributed by atoms with Crippen LogP contribution in [0.25, 0.3) is 16.9 Å². The van der Waals surface area contributed by atoms with Gasteiger partial charge in [-0.2, -0.15) is 23.4 Å². The van der Waals surface area contributed by atoms with Crippen molar-refractivity contribution < 1.29 is 22.7 Å². The molecule has 1 N–H and O–H groups in total. The molecule has 15 heteroatoms. The number of alkyl halides is 3. The summed E-state index contributed by atoms with van der Waals surface area (Å²) in [5.41, 5.74) is -1.20. The zero-order valence-corrected chi connectivity index (χ0v) is 23.1. The predicted molar refractivity (Wildman–Crippen MR) is 146 cm³/mol. The number of aromatic nitrogens is 5. The summed E-state index contributed by atoms with van der Waals surface area (Å²) in [5.74, 6) is -0.612. The lowest BCUT2D eigenvalue weighted by molar-refractivity contribution is -0.142. The molecule has 206 valence electrons. The van der Waals surface area contributed by atoms with Crippen LogP contribution in [0.4, 0.5) is 19.0 Å². The number of carbonyl (C=O) groups excluding carboxylic acids is 1. The first-order valence-corrected chi connectivity index (χ1v) is 12.8. The van der Waals surface area contributed by atoms with Crippen LogP contribution in [0.2, 0.25) is 20.1 Å². The minimum absolute atomic E-state index is 0.0471. The minimum Gasteiger partial charge on any atom is -0.497 e. The molecule has 3 heterocycles. The molecule has 0 radical (unpaired) electrons. The first kappa shape index (κ1) is 28.0. The van der Waals surface area contributed by atoms with Crippen LogP contribution < -0.4 is 10.1 Å². The van der Waals surface area contributed by atoms with E-state index in [9.17, 15) is 18.0 Å². The fraction of sp³-hybridized carbons (Fsp3) is 0.120. The monoisotopic (exact) mass is 628 g/mol. The summed E-state index contributed by atoms with van der Waals surface area (Å²) < 4.78 is 49.1. The highest BCUT2D eigenvalue weighted by Gasteiger charge is 2.37. The van der Waals surface area contributed by atoms with Crippen molar-refractivity contribution in [2.75, 3.05) is 12.4 Å². The number of halogens is 7. The molecule has 5 rings (SSSR count). The number of carbonyl (C=O) groups is 1. The Balaban J connectivity index is 1.50. The fourth-order valence-electron chi connectivity index (χ4n) is 3.84. The van der Waals surface area contributed by atoms with Crippen molar-refractivity contribution in [1.29, 1.82) is 0 Å². The zero-order valence-electron chi connectivity index (χ0n) is 20.1. The van der Waals surface area contributed by atoms with Gasteiger partial charge in [0, 0.05) is 27.4 Å². The first-order chi connectivity index (χ1) is 19.0. The van der Waals surface area contributed by atoms with E-state index < -0.39 is 28.5 Å². The average molecular weight is 630 g/mol. The Labute approximate surface area is 244 Å². The van der Waals surface area contributed by atoms with Crippen LogP contribution in [0, 0.1) is 0 Å². The van der Waals surface area contributed by atoms with E-state index in [1.807, 2.05) is 0 Å². The van der Waals surface area contributed by atoms with E-state index in [-0.39, 0.29) is 28.7 Å². The van der Waals surface area contributed by atoms with Gasteiger partial charge in [-0.05, 0) is 30.3 Å². The van der Waals surface area contributed by atoms with E-state index in [4.69, 9.17) is 51.1 Å². The van der Waals surface area contributed by atoms with Gasteiger partial charge in [0.1, 0.15) is 15.8 Å². The van der Waals surface area contributed by atoms with Crippen molar-refractivity contribution in [3.8, 4) is 17.0 Å². The molecule has 0 aliphatic rings. The third-order valence-corrected chi connectivity index (χ3v) is 7.07. The Morgan fingerprint density at radius 3 is 2.38 bits per heavy atom. The largest absolute Gasteiger partial charge is 0.497 e. The molecule has 0 bridgehead atoms. The molecule has 8 nitrogen and oxygen atoms in total. The number of benzene rings is 2. The molecule has 0 aliphatic carbocycles. The standard InChI is InChI=1S/C25H15Cl4F3N6O2/c1-40-13-5-2-4-12(8-13)18-9-19(25(30,31)32)38-23(33-18)20(29)21(35-38)24(39)34-22-17(28)11-37(36-22)10-14-15(26)6-3-7-16(14)27/h2-9,11H,10H2,1H3,(H,34,36,39). The van der Waals surface area contributed by atoms with Crippen LogP contribution in [-0.4, -0.2) is 37.4 Å². The highest BCUT2D eigenvalue weighted by molar-refractivity contribution is 6.38. The number of methoxy groups -OCH3 is 1. The van der Waals surface area contributed by atoms with Crippen molar-refractivity contribution in [3.05, 3.63) is 91.8 Å². The highest BCUT2D eigenvalue weighted by Crippen LogP contribution is 2.35. The van der Waals surface area contributed by atoms with E-state index in [1.165, 1.54) is 24.1 Å². The lowest BCUT2D eigenvalue weighted by Crippen LogP contribution is -2.16. The lowest BCUT2D eigenvalue weighted by atomic mass is 10.1. The number of nitrogens with zero attached hydrogens (tertiary/aromatic N) is 5. The fourth-order valence-corrected chi connectivity index (χ4v) is 4.80. The highest BCUT2D eigenvalue weighted by atomic mass is 35.5. The maximum atomic E-state index is 14.0. The van der Waals surface area contributed by atoms with Crippen LogP contribution in [0.5, 0.6) is 5.75 Å². The molecule has 0 atom stereocenters. The van der Waals surface area contributed by atoms with Gasteiger partial charge >= 0.3 is 6.18 Å². The van der Waals surface area contributed by atoms with Gasteiger partial charge in [-0.25, -0.2) is 9.50 Å². The summed E-state index contributed by atoms with van der Waals surface area (Å²) in [7, 11) is 1.43. The van der Waals surface area contributed by atoms with Gasteiger partial charge in [0.15, 0.2) is 22.9 Å². The molecule has 0 aliphatic heterocycles. The summed E-state index contributed by atoms with van der Waals surface area (Å²) in [6, 6.07) is 12.1. The first-order valence-electron chi connectivity index (χ1n) is 11.2. The number of hydrogen-bond donors (Lipinski definition) is 1. The van der Waals surface area contributed by atoms with Crippen LogP contribution in [0.15, 0.2) is 54.7 Å². The maximum absolute atomic E-state index is 14.0. The van der Waals surface area contributed by atoms with Crippen molar-refractivity contribution in [1.82, 2.24) is 24.4 Å². The molecule has 40 heavy (non-hydrogen) atoms. The Morgan fingerprint density at radius 1 is 1.00 bits per heavy atom. The van der Waals surface area contributed by atoms with Crippen molar-refractivity contribution in [2.24, 2.45) is 0 Å². The molecule has 0 saturated carbocycles. The second-order valence-electron chi connectivity index (χ2n) is 8.33. The number of rotatable bonds is 6. The molecule has 0 fully saturated rings. The maximum Gasteiger partial charge on any atom is 0.433 e. The van der Waals surface area contributed by atoms with Gasteiger partial charge in [-0.15, -0.1) is 0 Å². The number of amides is 1. The normalized spacial score (nSPS) is 11.7. The molecule has 0 saturated heterocycles. The van der Waals surface area contributed by atoms with E-state index in [0.29, 0.717) is 31.4 Å². The number of nitrogens with one attached hydrogen (secondary N) is 1. The molecule has 0 unspecified atom stereocenters. The van der Waals surface area contributed by atoms with Gasteiger partial charge in [-0.3, -0.25) is 9.48 Å². The molecular weight excluding hydrogens is 615 g/mol. The van der Waals surface area contributed by atoms with Gasteiger partial charge in [0.05, 0.1) is 19.3 Å². The van der Waals surface area contributed by atoms with Gasteiger partial charge in [0.2, 0.25) is 0 Å². The van der Waals surface area contributed by atoms with Crippen LogP contribution in [0.3, 0.4) is 0 Å². The van der Waals surface area contributed by atoms with Gasteiger partial charge in [0.25, 0.3) is 5.91 Å². The molecule has 3 aromatic heterocycles. The van der Waals surface area contributed by atoms with Gasteiger partial charge < -0.3 is 10.1 Å². The third-order valence-electron chi connectivity index (χ3n) is 5.73. The Hall–Kier alpha value is -3.51. The zero-order chi connectivity index (χ0) is 28.8. The molecule has 0 spiro atoms. The SMILES string of the molecule is COc1cccc(-c2cc(C(F)(F)F)n3nc(C(=O)Nc4nn(Cc5c(Cl)cccc5Cl)cc4Cl)c(Cl)c3n2)c1. The Morgan fingerprint density at radius 2 is 1.70 bits per heavy atom. The average Bonchev–Trinajstić information content (AvgIpc) is 3.43. The molecule has 5 aromatic rings. The summed E-state index contributed by atoms with van der Waals surface area (Å²) >= 11 is 25.0. The van der Waals surface area contributed by atoms with Gasteiger partial charge in [-0.1, -0.05) is 64.6 Å². The quantitative estimate of drug-likeness (QED) is 0.210. The van der Waals surface area contributed by atoms with E-state index in [2.05, 4.69) is 20.5 Å². The molecule has 1 amide bonds. The summed E-state index contributed by atoms with van der Waals surface area (Å²) in [5, 5.41) is 10.9. The van der Waals surface area contributed by atoms with E-state index in [0.717, 1.165) is 6.07 Å². The van der Waals surface area contributed by atoms with E-state index >= 15 is 0 Å². The predicted octanol–water partition coefficient (Wildman–Crippen LogP) is 7.53. The van der Waals surface area contributed by atoms with Crippen molar-refractivity contribution >= 4 is 63.8 Å². The number of anilines is 1. The van der Waals surface area contributed by atoms with Crippen molar-refractivity contribution in [2.45, 2.75) is 12.7 Å². The van der Waals surface area contributed by atoms with Crippen LogP contribution in [0.1, 0.15) is 21.7 Å². The summed E-state index contributed by atoms with van der Waals surface area (Å²) in [6.07, 6.45) is -3.42. The summed E-state index contributed by atoms with van der Waals surface area (Å²) in [4.78, 5) is 17.3. The van der Waals surface area contributed by atoms with E-state index in [1.54, 1.807) is 36.4 Å². The second kappa shape index (κ2) is 10.8. The number of hydrogen-bond acceptors (Lipinski definition) is 5. The second-order valence-corrected chi connectivity index (χ2v) is 9.93. The van der Waals surface area contributed by atoms with Crippen molar-refractivity contribution in [3.63, 3.8) is 0 Å². The lowest BCUT2D eigenvalue weighted by Gasteiger charge is -2.11. The van der Waals surface area contributed by atoms with Crippen LogP contribution in [-0.2, 0) is 12.7 Å². The molecule has 2 aromatic carbocycles. The number of fused-ring (bicyclic) bond motifs is 1. The number of ether oxygens (including phenoxy) is 1. The third kappa shape index (κ3) is 5.42. The topological polar surface area (TPSA) is 86.3 Å². The minimum atomic E-state index is -4.85.